The first-order valence-electron chi connectivity index (χ1n) is 7.70. The lowest BCUT2D eigenvalue weighted by molar-refractivity contribution is -0.630. The Bertz CT molecular complexity index is 857. The van der Waals surface area contributed by atoms with Crippen molar-refractivity contribution in [3.8, 4) is 0 Å². The topological polar surface area (TPSA) is 57.2 Å². The predicted molar refractivity (Wildman–Crippen MR) is 66.8 cm³/mol. The summed E-state index contributed by atoms with van der Waals surface area (Å²) < 4.78 is 287. The van der Waals surface area contributed by atoms with Crippen LogP contribution in [0.5, 0.6) is 0 Å². The summed E-state index contributed by atoms with van der Waals surface area (Å²) in [6, 6.07) is -31.4. The molecule has 5 nitrogen and oxygen atoms in total. The molecule has 0 saturated heterocycles. The van der Waals surface area contributed by atoms with E-state index in [9.17, 15) is 96.6 Å². The molecule has 0 amide bonds. The molecule has 0 aromatic rings. The van der Waals surface area contributed by atoms with Gasteiger partial charge in [-0.1, -0.05) is 11.6 Å². The Morgan fingerprint density at radius 3 is 0.846 bits per heavy atom. The summed E-state index contributed by atoms with van der Waals surface area (Å²) in [5.41, 5.74) is 0. The molecule has 5 unspecified atom stereocenters. The van der Waals surface area contributed by atoms with Gasteiger partial charge in [0.25, 0.3) is 0 Å². The Morgan fingerprint density at radius 2 is 0.615 bits per heavy atom. The van der Waals surface area contributed by atoms with Crippen LogP contribution < -0.4 is 0 Å². The summed E-state index contributed by atoms with van der Waals surface area (Å²) in [5, 5.41) is 0.886. The van der Waals surface area contributed by atoms with Crippen molar-refractivity contribution in [3.05, 3.63) is 0 Å². The van der Waals surface area contributed by atoms with Gasteiger partial charge in [0.15, 0.2) is 0 Å². The summed E-state index contributed by atoms with van der Waals surface area (Å²) in [4.78, 5) is 0. The van der Waals surface area contributed by atoms with Gasteiger partial charge in [0.2, 0.25) is 0 Å². The zero-order valence-corrected chi connectivity index (χ0v) is 17.0. The number of hydrogen-bond donors (Lipinski definition) is 1. The zero-order valence-electron chi connectivity index (χ0n) is 16.3. The normalized spacial score (nSPS) is 22.8. The van der Waals surface area contributed by atoms with E-state index >= 15 is 0 Å². The van der Waals surface area contributed by atoms with Gasteiger partial charge in [-0.2, -0.15) is 92.2 Å². The van der Waals surface area contributed by atoms with Gasteiger partial charge in [-0.15, -0.1) is 0 Å². The molecule has 0 rings (SSSR count). The van der Waals surface area contributed by atoms with Crippen molar-refractivity contribution in [2.75, 3.05) is 0 Å². The molecular weight excluding hydrogens is 666 g/mol. The molecule has 0 saturated carbocycles. The van der Waals surface area contributed by atoms with Gasteiger partial charge < -0.3 is 5.11 Å². The number of aliphatic hydroxyl groups is 1. The van der Waals surface area contributed by atoms with Crippen LogP contribution in [0.25, 0.3) is 0 Å². The molecule has 0 aromatic carbocycles. The Balaban J connectivity index is 7.08. The van der Waals surface area contributed by atoms with Crippen LogP contribution >= 0.6 is 11.6 Å². The molecule has 39 heavy (non-hydrogen) atoms. The fraction of sp³-hybridized carbons (Fsp3) is 1.00. The number of hydrogen-bond acceptors (Lipinski definition) is 5. The Hall–Kier alpha value is -1.45. The molecule has 1 N–H and O–H groups in total. The fourth-order valence-electron chi connectivity index (χ4n) is 1.37. The minimum atomic E-state index is -8.18. The summed E-state index contributed by atoms with van der Waals surface area (Å²) in [5.74, 6) is 0. The minimum Gasteiger partial charge on any atom is -0.332 e. The second-order valence-corrected chi connectivity index (χ2v) is 6.68. The second kappa shape index (κ2) is 9.83. The van der Waals surface area contributed by atoms with Gasteiger partial charge in [-0.3, -0.25) is 0 Å². The van der Waals surface area contributed by atoms with E-state index in [1.807, 2.05) is 0 Å². The first-order valence-corrected chi connectivity index (χ1v) is 8.08. The molecule has 0 aliphatic rings. The standard InChI is InChI=1S/C11HClF22O5/c12-1(13,2(14,15)16)7(29,30)36-9(32,4(20,21)22)38-11(34,6(26,27)28)39-10(33,5(23,24)25)37-8(31,35)3(17,18)19/h35H. The Labute approximate surface area is 200 Å². The van der Waals surface area contributed by atoms with Gasteiger partial charge in [0.1, 0.15) is 0 Å². The third kappa shape index (κ3) is 7.45. The molecule has 0 aromatic heterocycles. The lowest BCUT2D eigenvalue weighted by Gasteiger charge is -2.41. The molecule has 0 aliphatic carbocycles. The van der Waals surface area contributed by atoms with E-state index in [1.165, 1.54) is 18.9 Å². The van der Waals surface area contributed by atoms with Crippen LogP contribution in [0, 0.1) is 0 Å². The molecule has 0 spiro atoms. The third-order valence-electron chi connectivity index (χ3n) is 3.14. The van der Waals surface area contributed by atoms with Crippen LogP contribution in [0.2, 0.25) is 0 Å². The number of halogens is 23. The highest BCUT2D eigenvalue weighted by molar-refractivity contribution is 6.24. The van der Waals surface area contributed by atoms with Crippen LogP contribution in [-0.4, -0.2) is 71.4 Å². The quantitative estimate of drug-likeness (QED) is 0.166. The second-order valence-electron chi connectivity index (χ2n) is 6.16. The molecule has 28 heteroatoms. The summed E-state index contributed by atoms with van der Waals surface area (Å²) in [6.45, 7) is 0. The van der Waals surface area contributed by atoms with Crippen molar-refractivity contribution in [1.82, 2.24) is 0 Å². The highest BCUT2D eigenvalue weighted by Gasteiger charge is 2.82. The van der Waals surface area contributed by atoms with Gasteiger partial charge in [-0.25, -0.2) is 23.3 Å². The van der Waals surface area contributed by atoms with E-state index in [-0.39, 0.29) is 0 Å². The first kappa shape index (κ1) is 37.6. The summed E-state index contributed by atoms with van der Waals surface area (Å²) in [7, 11) is 0. The van der Waals surface area contributed by atoms with E-state index in [1.54, 1.807) is 0 Å². The zero-order chi connectivity index (χ0) is 32.3. The van der Waals surface area contributed by atoms with E-state index in [0.717, 1.165) is 0 Å². The molecule has 0 fully saturated rings. The first-order chi connectivity index (χ1) is 16.3. The molecule has 236 valence electrons. The van der Waals surface area contributed by atoms with Gasteiger partial charge in [0, 0.05) is 0 Å². The van der Waals surface area contributed by atoms with Crippen molar-refractivity contribution >= 4 is 11.6 Å². The number of alkyl halides is 23. The van der Waals surface area contributed by atoms with Gasteiger partial charge in [-0.05, 0) is 0 Å². The van der Waals surface area contributed by atoms with Crippen molar-refractivity contribution in [1.29, 1.82) is 0 Å². The molecular formula is C11HClF22O5. The SMILES string of the molecule is OC(F)(OC(F)(OC(F)(OC(F)(OC(F)(F)C(F)(Cl)C(F)(F)F)C(F)(F)F)C(F)(F)F)C(F)(F)F)C(F)(F)F. The third-order valence-corrected chi connectivity index (χ3v) is 3.57. The van der Waals surface area contributed by atoms with E-state index in [4.69, 9.17) is 5.11 Å². The van der Waals surface area contributed by atoms with Crippen LogP contribution in [0.4, 0.5) is 96.6 Å². The smallest absolute Gasteiger partial charge is 0.332 e. The van der Waals surface area contributed by atoms with Crippen LogP contribution in [0.1, 0.15) is 0 Å². The molecule has 0 radical (unpaired) electrons. The Morgan fingerprint density at radius 1 is 0.359 bits per heavy atom. The van der Waals surface area contributed by atoms with Crippen LogP contribution in [0.15, 0.2) is 0 Å². The largest absolute Gasteiger partial charge is 0.478 e. The average Bonchev–Trinajstić information content (AvgIpc) is 2.54. The van der Waals surface area contributed by atoms with E-state index < -0.39 is 66.3 Å². The fourth-order valence-corrected chi connectivity index (χ4v) is 1.41. The van der Waals surface area contributed by atoms with Crippen molar-refractivity contribution in [2.45, 2.75) is 66.3 Å². The molecule has 0 aliphatic heterocycles. The maximum atomic E-state index is 14.0. The van der Waals surface area contributed by atoms with Crippen LogP contribution in [-0.2, 0) is 18.9 Å². The maximum absolute atomic E-state index is 14.0. The average molecular weight is 667 g/mol. The lowest BCUT2D eigenvalue weighted by Crippen LogP contribution is -2.66. The van der Waals surface area contributed by atoms with Crippen molar-refractivity contribution in [2.24, 2.45) is 0 Å². The van der Waals surface area contributed by atoms with Gasteiger partial charge in [0.05, 0.1) is 0 Å². The minimum absolute atomic E-state index is 1.38. The number of ether oxygens (including phenoxy) is 4. The van der Waals surface area contributed by atoms with Crippen molar-refractivity contribution in [3.63, 3.8) is 0 Å². The molecule has 0 heterocycles. The highest BCUT2D eigenvalue weighted by Crippen LogP contribution is 2.56. The van der Waals surface area contributed by atoms with Crippen molar-refractivity contribution < 1.29 is 121 Å². The maximum Gasteiger partial charge on any atom is 0.478 e. The highest BCUT2D eigenvalue weighted by atomic mass is 35.5. The number of rotatable bonds is 9. The summed E-state index contributed by atoms with van der Waals surface area (Å²) >= 11 is 3.49. The Kier molecular flexibility index (Phi) is 9.46. The molecule has 0 bridgehead atoms. The lowest BCUT2D eigenvalue weighted by atomic mass is 10.3. The van der Waals surface area contributed by atoms with E-state index in [2.05, 4.69) is 11.6 Å². The van der Waals surface area contributed by atoms with Gasteiger partial charge >= 0.3 is 66.3 Å². The van der Waals surface area contributed by atoms with Crippen LogP contribution in [0.3, 0.4) is 0 Å². The monoisotopic (exact) mass is 666 g/mol. The van der Waals surface area contributed by atoms with E-state index in [0.29, 0.717) is 0 Å². The summed E-state index contributed by atoms with van der Waals surface area (Å²) in [6.07, 6.45) is -46.6. The molecule has 5 atom stereocenters. The predicted octanol–water partition coefficient (Wildman–Crippen LogP) is 6.85.